The van der Waals surface area contributed by atoms with Crippen molar-refractivity contribution in [2.45, 2.75) is 0 Å². The summed E-state index contributed by atoms with van der Waals surface area (Å²) in [5, 5.41) is 14.7. The van der Waals surface area contributed by atoms with Gasteiger partial charge in [0.05, 0.1) is 11.9 Å². The van der Waals surface area contributed by atoms with Crippen LogP contribution in [0.25, 0.3) is 0 Å². The Hall–Kier alpha value is -3.72. The summed E-state index contributed by atoms with van der Waals surface area (Å²) in [6.07, 6.45) is 2.99. The molecular weight excluding hydrogens is 302 g/mol. The molecule has 2 aromatic heterocycles. The molecule has 0 fully saturated rings. The Bertz CT molecular complexity index is 885. The molecule has 116 valence electrons. The predicted octanol–water partition coefficient (Wildman–Crippen LogP) is 3.34. The molecule has 6 nitrogen and oxygen atoms in total. The molecular formula is C18H13N5O. The van der Waals surface area contributed by atoms with E-state index in [0.29, 0.717) is 17.1 Å². The normalized spacial score (nSPS) is 9.79. The van der Waals surface area contributed by atoms with Gasteiger partial charge in [-0.3, -0.25) is 4.79 Å². The zero-order valence-corrected chi connectivity index (χ0v) is 12.6. The highest BCUT2D eigenvalue weighted by Gasteiger charge is 2.07. The van der Waals surface area contributed by atoms with Crippen molar-refractivity contribution in [1.29, 1.82) is 5.26 Å². The van der Waals surface area contributed by atoms with E-state index >= 15 is 0 Å². The first-order valence-corrected chi connectivity index (χ1v) is 7.20. The lowest BCUT2D eigenvalue weighted by atomic mass is 10.2. The Morgan fingerprint density at radius 2 is 1.83 bits per heavy atom. The number of benzene rings is 1. The van der Waals surface area contributed by atoms with Crippen LogP contribution in [0.3, 0.4) is 0 Å². The number of hydrogen-bond acceptors (Lipinski definition) is 5. The summed E-state index contributed by atoms with van der Waals surface area (Å²) in [7, 11) is 0. The highest BCUT2D eigenvalue weighted by atomic mass is 16.1. The Balaban J connectivity index is 1.67. The van der Waals surface area contributed by atoms with E-state index in [9.17, 15) is 4.79 Å². The second-order valence-electron chi connectivity index (χ2n) is 4.92. The zero-order valence-electron chi connectivity index (χ0n) is 12.6. The molecule has 0 aliphatic rings. The highest BCUT2D eigenvalue weighted by Crippen LogP contribution is 2.16. The van der Waals surface area contributed by atoms with E-state index in [1.165, 1.54) is 12.3 Å². The second-order valence-corrected chi connectivity index (χ2v) is 4.92. The van der Waals surface area contributed by atoms with Gasteiger partial charge in [0.15, 0.2) is 0 Å². The molecule has 0 unspecified atom stereocenters. The highest BCUT2D eigenvalue weighted by molar-refractivity contribution is 6.04. The molecule has 0 aliphatic carbocycles. The van der Waals surface area contributed by atoms with Gasteiger partial charge in [0, 0.05) is 17.4 Å². The number of carbonyl (C=O) groups excluding carboxylic acids is 1. The first-order valence-electron chi connectivity index (χ1n) is 7.20. The van der Waals surface area contributed by atoms with Crippen LogP contribution in [0.15, 0.2) is 67.0 Å². The van der Waals surface area contributed by atoms with Crippen LogP contribution in [0, 0.1) is 11.3 Å². The molecule has 0 aliphatic heterocycles. The predicted molar refractivity (Wildman–Crippen MR) is 90.9 cm³/mol. The summed E-state index contributed by atoms with van der Waals surface area (Å²) in [6.45, 7) is 0. The number of nitrogens with one attached hydrogen (secondary N) is 2. The molecule has 2 heterocycles. The largest absolute Gasteiger partial charge is 0.340 e. The van der Waals surface area contributed by atoms with Crippen LogP contribution in [0.4, 0.5) is 17.2 Å². The van der Waals surface area contributed by atoms with Crippen LogP contribution in [0.2, 0.25) is 0 Å². The van der Waals surface area contributed by atoms with Crippen molar-refractivity contribution < 1.29 is 4.79 Å². The van der Waals surface area contributed by atoms with Gasteiger partial charge in [-0.05, 0) is 36.4 Å². The molecule has 0 spiro atoms. The fourth-order valence-corrected chi connectivity index (χ4v) is 2.05. The van der Waals surface area contributed by atoms with Gasteiger partial charge in [0.2, 0.25) is 0 Å². The molecule has 0 atom stereocenters. The van der Waals surface area contributed by atoms with Gasteiger partial charge in [0.1, 0.15) is 17.6 Å². The Morgan fingerprint density at radius 1 is 1.00 bits per heavy atom. The Morgan fingerprint density at radius 3 is 2.54 bits per heavy atom. The molecule has 24 heavy (non-hydrogen) atoms. The summed E-state index contributed by atoms with van der Waals surface area (Å²) < 4.78 is 0. The third-order valence-electron chi connectivity index (χ3n) is 3.20. The molecule has 1 amide bonds. The maximum absolute atomic E-state index is 12.2. The van der Waals surface area contributed by atoms with Gasteiger partial charge in [-0.25, -0.2) is 9.97 Å². The number of hydrogen-bond donors (Lipinski definition) is 2. The van der Waals surface area contributed by atoms with Crippen LogP contribution in [0.1, 0.15) is 16.1 Å². The number of amides is 1. The van der Waals surface area contributed by atoms with Crippen molar-refractivity contribution >= 4 is 23.1 Å². The topological polar surface area (TPSA) is 90.7 Å². The minimum Gasteiger partial charge on any atom is -0.340 e. The molecule has 0 saturated carbocycles. The fraction of sp³-hybridized carbons (Fsp3) is 0. The van der Waals surface area contributed by atoms with E-state index in [2.05, 4.69) is 20.6 Å². The third-order valence-corrected chi connectivity index (χ3v) is 3.20. The van der Waals surface area contributed by atoms with E-state index in [1.54, 1.807) is 24.4 Å². The molecule has 3 rings (SSSR count). The summed E-state index contributed by atoms with van der Waals surface area (Å²) in [6, 6.07) is 18.1. The van der Waals surface area contributed by atoms with Gasteiger partial charge in [0.25, 0.3) is 5.91 Å². The molecule has 0 saturated heterocycles. The van der Waals surface area contributed by atoms with Gasteiger partial charge >= 0.3 is 0 Å². The third kappa shape index (κ3) is 3.72. The van der Waals surface area contributed by atoms with Crippen molar-refractivity contribution in [1.82, 2.24) is 9.97 Å². The summed E-state index contributed by atoms with van der Waals surface area (Å²) in [4.78, 5) is 20.3. The number of pyridine rings is 2. The van der Waals surface area contributed by atoms with E-state index in [1.807, 2.05) is 36.4 Å². The smallest absolute Gasteiger partial charge is 0.255 e. The number of aromatic nitrogens is 2. The lowest BCUT2D eigenvalue weighted by molar-refractivity contribution is 0.102. The Labute approximate surface area is 138 Å². The molecule has 6 heteroatoms. The molecule has 0 bridgehead atoms. The number of anilines is 3. The van der Waals surface area contributed by atoms with Crippen LogP contribution in [0.5, 0.6) is 0 Å². The van der Waals surface area contributed by atoms with Crippen LogP contribution < -0.4 is 10.6 Å². The fourth-order valence-electron chi connectivity index (χ4n) is 2.05. The van der Waals surface area contributed by atoms with Crippen molar-refractivity contribution in [3.8, 4) is 6.07 Å². The SMILES string of the molecule is N#Cc1cc(C(=O)Nc2ccc(Nc3ccccc3)nc2)ccn1. The maximum Gasteiger partial charge on any atom is 0.255 e. The van der Waals surface area contributed by atoms with Crippen molar-refractivity contribution in [2.75, 3.05) is 10.6 Å². The monoisotopic (exact) mass is 315 g/mol. The van der Waals surface area contributed by atoms with E-state index in [0.717, 1.165) is 5.69 Å². The van der Waals surface area contributed by atoms with E-state index in [-0.39, 0.29) is 11.6 Å². The van der Waals surface area contributed by atoms with Crippen LogP contribution >= 0.6 is 0 Å². The van der Waals surface area contributed by atoms with E-state index < -0.39 is 0 Å². The molecule has 0 radical (unpaired) electrons. The van der Waals surface area contributed by atoms with Crippen molar-refractivity contribution in [3.63, 3.8) is 0 Å². The van der Waals surface area contributed by atoms with E-state index in [4.69, 9.17) is 5.26 Å². The first-order chi connectivity index (χ1) is 11.7. The quantitative estimate of drug-likeness (QED) is 0.770. The average Bonchev–Trinajstić information content (AvgIpc) is 2.64. The first kappa shape index (κ1) is 15.2. The average molecular weight is 315 g/mol. The van der Waals surface area contributed by atoms with Gasteiger partial charge < -0.3 is 10.6 Å². The van der Waals surface area contributed by atoms with Crippen LogP contribution in [-0.2, 0) is 0 Å². The zero-order chi connectivity index (χ0) is 16.8. The number of nitrogens with zero attached hydrogens (tertiary/aromatic N) is 3. The molecule has 1 aromatic carbocycles. The summed E-state index contributed by atoms with van der Waals surface area (Å²) in [5.74, 6) is 0.356. The van der Waals surface area contributed by atoms with Crippen molar-refractivity contribution in [3.05, 3.63) is 78.2 Å². The minimum absolute atomic E-state index is 0.197. The molecule has 3 aromatic rings. The lowest BCUT2D eigenvalue weighted by Crippen LogP contribution is -2.12. The van der Waals surface area contributed by atoms with Crippen LogP contribution in [-0.4, -0.2) is 15.9 Å². The Kier molecular flexibility index (Phi) is 4.45. The van der Waals surface area contributed by atoms with Gasteiger partial charge in [-0.15, -0.1) is 0 Å². The standard InChI is InChI=1S/C18H13N5O/c19-11-16-10-13(8-9-20-16)18(24)23-15-6-7-17(21-12-15)22-14-4-2-1-3-5-14/h1-10,12H,(H,21,22)(H,23,24). The number of para-hydroxylation sites is 1. The minimum atomic E-state index is -0.320. The maximum atomic E-state index is 12.2. The van der Waals surface area contributed by atoms with Gasteiger partial charge in [-0.1, -0.05) is 18.2 Å². The summed E-state index contributed by atoms with van der Waals surface area (Å²) >= 11 is 0. The van der Waals surface area contributed by atoms with Crippen molar-refractivity contribution in [2.24, 2.45) is 0 Å². The number of carbonyl (C=O) groups is 1. The molecule has 2 N–H and O–H groups in total. The second kappa shape index (κ2) is 7.03. The number of rotatable bonds is 4. The lowest BCUT2D eigenvalue weighted by Gasteiger charge is -2.08. The summed E-state index contributed by atoms with van der Waals surface area (Å²) in [5.41, 5.74) is 2.06. The van der Waals surface area contributed by atoms with Gasteiger partial charge in [-0.2, -0.15) is 5.26 Å². The number of nitriles is 1.